The highest BCUT2D eigenvalue weighted by Gasteiger charge is 2.18. The van der Waals surface area contributed by atoms with E-state index in [1.54, 1.807) is 12.1 Å². The van der Waals surface area contributed by atoms with Gasteiger partial charge >= 0.3 is 5.97 Å². The van der Waals surface area contributed by atoms with Gasteiger partial charge in [0.05, 0.1) is 17.1 Å². The van der Waals surface area contributed by atoms with Gasteiger partial charge in [-0.2, -0.15) is 0 Å². The van der Waals surface area contributed by atoms with E-state index in [1.165, 1.54) is 25.3 Å². The summed E-state index contributed by atoms with van der Waals surface area (Å²) in [7, 11) is 1.49. The molecule has 0 saturated heterocycles. The van der Waals surface area contributed by atoms with Crippen LogP contribution >= 0.6 is 0 Å². The van der Waals surface area contributed by atoms with Crippen LogP contribution in [0.2, 0.25) is 0 Å². The summed E-state index contributed by atoms with van der Waals surface area (Å²) in [5.74, 6) is -0.628. The Balaban J connectivity index is 2.21. The van der Waals surface area contributed by atoms with E-state index in [4.69, 9.17) is 9.47 Å². The lowest BCUT2D eigenvalue weighted by Gasteiger charge is -2.09. The summed E-state index contributed by atoms with van der Waals surface area (Å²) in [6.07, 6.45) is 0. The van der Waals surface area contributed by atoms with Gasteiger partial charge in [-0.05, 0) is 24.3 Å². The number of carbonyl (C=O) groups is 1. The highest BCUT2D eigenvalue weighted by molar-refractivity contribution is 5.91. The zero-order chi connectivity index (χ0) is 16.7. The Morgan fingerprint density at radius 3 is 2.57 bits per heavy atom. The molecule has 2 aromatic carbocycles. The van der Waals surface area contributed by atoms with E-state index in [0.29, 0.717) is 11.4 Å². The molecule has 0 saturated carbocycles. The number of anilines is 2. The SMILES string of the molecule is COCCOC(=O)c1ccc(Nc2ccccc2)c([N+](=O)[O-])c1. The number of nitrogens with one attached hydrogen (secondary N) is 1. The minimum atomic E-state index is -0.628. The Kier molecular flexibility index (Phi) is 5.65. The van der Waals surface area contributed by atoms with Crippen molar-refractivity contribution in [2.45, 2.75) is 0 Å². The maximum Gasteiger partial charge on any atom is 0.338 e. The van der Waals surface area contributed by atoms with Crippen molar-refractivity contribution in [1.82, 2.24) is 0 Å². The number of para-hydroxylation sites is 1. The molecule has 0 heterocycles. The summed E-state index contributed by atoms with van der Waals surface area (Å²) >= 11 is 0. The summed E-state index contributed by atoms with van der Waals surface area (Å²) in [5, 5.41) is 14.2. The standard InChI is InChI=1S/C16H16N2O5/c1-22-9-10-23-16(19)12-7-8-14(15(11-12)18(20)21)17-13-5-3-2-4-6-13/h2-8,11,17H,9-10H2,1H3. The minimum absolute atomic E-state index is 0.0904. The number of esters is 1. The van der Waals surface area contributed by atoms with Gasteiger partial charge in [0, 0.05) is 18.9 Å². The molecule has 0 aliphatic heterocycles. The predicted molar refractivity (Wildman–Crippen MR) is 85.0 cm³/mol. The summed E-state index contributed by atoms with van der Waals surface area (Å²) in [5.41, 5.74) is 0.933. The van der Waals surface area contributed by atoms with Crippen LogP contribution in [0.25, 0.3) is 0 Å². The van der Waals surface area contributed by atoms with Gasteiger partial charge in [0.1, 0.15) is 12.3 Å². The van der Waals surface area contributed by atoms with Crippen LogP contribution < -0.4 is 5.32 Å². The average molecular weight is 316 g/mol. The van der Waals surface area contributed by atoms with Crippen LogP contribution in [0.15, 0.2) is 48.5 Å². The van der Waals surface area contributed by atoms with E-state index in [-0.39, 0.29) is 24.5 Å². The quantitative estimate of drug-likeness (QED) is 0.365. The number of carbonyl (C=O) groups excluding carboxylic acids is 1. The largest absolute Gasteiger partial charge is 0.460 e. The predicted octanol–water partition coefficient (Wildman–Crippen LogP) is 3.14. The fourth-order valence-electron chi connectivity index (χ4n) is 1.89. The number of nitro benzene ring substituents is 1. The van der Waals surface area contributed by atoms with Crippen LogP contribution in [0.5, 0.6) is 0 Å². The van der Waals surface area contributed by atoms with Crippen LogP contribution in [-0.2, 0) is 9.47 Å². The van der Waals surface area contributed by atoms with Crippen molar-refractivity contribution in [3.63, 3.8) is 0 Å². The second-order valence-corrected chi connectivity index (χ2v) is 4.61. The Bertz CT molecular complexity index is 688. The van der Waals surface area contributed by atoms with E-state index < -0.39 is 10.9 Å². The van der Waals surface area contributed by atoms with Crippen LogP contribution in [0, 0.1) is 10.1 Å². The first-order valence-corrected chi connectivity index (χ1v) is 6.88. The number of hydrogen-bond acceptors (Lipinski definition) is 6. The van der Waals surface area contributed by atoms with E-state index >= 15 is 0 Å². The third kappa shape index (κ3) is 4.52. The van der Waals surface area contributed by atoms with Crippen LogP contribution in [0.3, 0.4) is 0 Å². The smallest absolute Gasteiger partial charge is 0.338 e. The van der Waals surface area contributed by atoms with Gasteiger partial charge in [0.15, 0.2) is 0 Å². The molecule has 0 atom stereocenters. The van der Waals surface area contributed by atoms with Crippen molar-refractivity contribution in [3.8, 4) is 0 Å². The first kappa shape index (κ1) is 16.4. The van der Waals surface area contributed by atoms with Crippen LogP contribution in [0.1, 0.15) is 10.4 Å². The van der Waals surface area contributed by atoms with Crippen molar-refractivity contribution >= 4 is 23.0 Å². The normalized spacial score (nSPS) is 10.1. The van der Waals surface area contributed by atoms with Crippen molar-refractivity contribution in [2.24, 2.45) is 0 Å². The van der Waals surface area contributed by atoms with Crippen LogP contribution in [0.4, 0.5) is 17.1 Å². The number of nitrogens with zero attached hydrogens (tertiary/aromatic N) is 1. The Labute approximate surface area is 133 Å². The third-order valence-electron chi connectivity index (χ3n) is 3.00. The van der Waals surface area contributed by atoms with Gasteiger partial charge in [-0.15, -0.1) is 0 Å². The first-order valence-electron chi connectivity index (χ1n) is 6.88. The van der Waals surface area contributed by atoms with Crippen molar-refractivity contribution < 1.29 is 19.2 Å². The molecule has 23 heavy (non-hydrogen) atoms. The molecular formula is C16H16N2O5. The summed E-state index contributed by atoms with van der Waals surface area (Å²) in [4.78, 5) is 22.5. The molecule has 1 N–H and O–H groups in total. The molecule has 0 aromatic heterocycles. The van der Waals surface area contributed by atoms with Gasteiger partial charge in [0.25, 0.3) is 5.69 Å². The zero-order valence-electron chi connectivity index (χ0n) is 12.5. The zero-order valence-corrected chi connectivity index (χ0v) is 12.5. The maximum atomic E-state index is 11.8. The molecule has 7 heteroatoms. The van der Waals surface area contributed by atoms with E-state index in [1.807, 2.05) is 18.2 Å². The Morgan fingerprint density at radius 1 is 1.17 bits per heavy atom. The molecule has 0 fully saturated rings. The Hall–Kier alpha value is -2.93. The van der Waals surface area contributed by atoms with Gasteiger partial charge in [-0.25, -0.2) is 4.79 Å². The third-order valence-corrected chi connectivity index (χ3v) is 3.00. The van der Waals surface area contributed by atoms with Crippen molar-refractivity contribution in [1.29, 1.82) is 0 Å². The molecule has 2 rings (SSSR count). The summed E-state index contributed by atoms with van der Waals surface area (Å²) in [6.45, 7) is 0.356. The fraction of sp³-hybridized carbons (Fsp3) is 0.188. The fourth-order valence-corrected chi connectivity index (χ4v) is 1.89. The Morgan fingerprint density at radius 2 is 1.91 bits per heavy atom. The molecule has 120 valence electrons. The number of nitro groups is 1. The topological polar surface area (TPSA) is 90.7 Å². The van der Waals surface area contributed by atoms with Gasteiger partial charge < -0.3 is 14.8 Å². The number of rotatable bonds is 7. The van der Waals surface area contributed by atoms with Gasteiger partial charge in [0.2, 0.25) is 0 Å². The lowest BCUT2D eigenvalue weighted by molar-refractivity contribution is -0.383. The lowest BCUT2D eigenvalue weighted by Crippen LogP contribution is -2.10. The highest BCUT2D eigenvalue weighted by atomic mass is 16.6. The number of methoxy groups -OCH3 is 1. The molecule has 0 spiro atoms. The molecule has 0 radical (unpaired) electrons. The molecule has 7 nitrogen and oxygen atoms in total. The molecule has 0 unspecified atom stereocenters. The highest BCUT2D eigenvalue weighted by Crippen LogP contribution is 2.28. The van der Waals surface area contributed by atoms with E-state index in [2.05, 4.69) is 5.32 Å². The average Bonchev–Trinajstić information content (AvgIpc) is 2.56. The number of benzene rings is 2. The summed E-state index contributed by atoms with van der Waals surface area (Å²) in [6, 6.07) is 13.2. The number of ether oxygens (including phenoxy) is 2. The van der Waals surface area contributed by atoms with Crippen LogP contribution in [-0.4, -0.2) is 31.2 Å². The maximum absolute atomic E-state index is 11.8. The second-order valence-electron chi connectivity index (χ2n) is 4.61. The van der Waals surface area contributed by atoms with Crippen molar-refractivity contribution in [2.75, 3.05) is 25.6 Å². The lowest BCUT2D eigenvalue weighted by atomic mass is 10.1. The molecule has 0 aliphatic rings. The molecule has 0 bridgehead atoms. The minimum Gasteiger partial charge on any atom is -0.460 e. The second kappa shape index (κ2) is 7.90. The van der Waals surface area contributed by atoms with Gasteiger partial charge in [-0.3, -0.25) is 10.1 Å². The monoisotopic (exact) mass is 316 g/mol. The van der Waals surface area contributed by atoms with E-state index in [9.17, 15) is 14.9 Å². The summed E-state index contributed by atoms with van der Waals surface area (Å²) < 4.78 is 9.73. The van der Waals surface area contributed by atoms with Crippen molar-refractivity contribution in [3.05, 3.63) is 64.2 Å². The molecule has 2 aromatic rings. The molecular weight excluding hydrogens is 300 g/mol. The van der Waals surface area contributed by atoms with Gasteiger partial charge in [-0.1, -0.05) is 18.2 Å². The number of hydrogen-bond donors (Lipinski definition) is 1. The first-order chi connectivity index (χ1) is 11.1. The molecule has 0 aliphatic carbocycles. The molecule has 0 amide bonds. The van der Waals surface area contributed by atoms with E-state index in [0.717, 1.165) is 0 Å².